The molecule has 11 heavy (non-hydrogen) atoms. The Morgan fingerprint density at radius 2 is 2.00 bits per heavy atom. The van der Waals surface area contributed by atoms with Crippen molar-refractivity contribution < 1.29 is 9.63 Å². The van der Waals surface area contributed by atoms with Gasteiger partial charge in [-0.05, 0) is 12.1 Å². The number of nitrogens with two attached hydrogens (primary N) is 1. The fraction of sp³-hybridized carbons (Fsp3) is 0. The largest absolute Gasteiger partial charge is 0.357 e. The summed E-state index contributed by atoms with van der Waals surface area (Å²) >= 11 is 0. The van der Waals surface area contributed by atoms with Gasteiger partial charge in [0.05, 0.1) is 5.56 Å². The second-order valence-corrected chi connectivity index (χ2v) is 1.87. The molecule has 4 heteroatoms. The van der Waals surface area contributed by atoms with Crippen LogP contribution in [0.2, 0.25) is 0 Å². The van der Waals surface area contributed by atoms with E-state index in [1.165, 1.54) is 0 Å². The van der Waals surface area contributed by atoms with E-state index in [-0.39, 0.29) is 0 Å². The second-order valence-electron chi connectivity index (χ2n) is 1.87. The average molecular weight is 152 g/mol. The summed E-state index contributed by atoms with van der Waals surface area (Å²) < 4.78 is 0. The van der Waals surface area contributed by atoms with E-state index >= 15 is 0 Å². The van der Waals surface area contributed by atoms with Crippen molar-refractivity contribution in [2.45, 2.75) is 0 Å². The van der Waals surface area contributed by atoms with E-state index in [1.54, 1.807) is 24.3 Å². The monoisotopic (exact) mass is 152 g/mol. The van der Waals surface area contributed by atoms with Crippen LogP contribution in [-0.2, 0) is 4.84 Å². The highest BCUT2D eigenvalue weighted by molar-refractivity contribution is 5.88. The van der Waals surface area contributed by atoms with Gasteiger partial charge in [-0.25, -0.2) is 10.6 Å². The molecule has 0 aliphatic carbocycles. The zero-order chi connectivity index (χ0) is 8.10. The first kappa shape index (κ1) is 7.71. The number of carbonyl (C=O) groups excluding carboxylic acids is 1. The van der Waals surface area contributed by atoms with E-state index < -0.39 is 5.97 Å². The van der Waals surface area contributed by atoms with Gasteiger partial charge >= 0.3 is 5.97 Å². The van der Waals surface area contributed by atoms with Crippen LogP contribution in [0.25, 0.3) is 0 Å². The predicted octanol–water partition coefficient (Wildman–Crippen LogP) is 0.222. The van der Waals surface area contributed by atoms with Gasteiger partial charge in [-0.2, -0.15) is 0 Å². The Bertz CT molecular complexity index is 235. The summed E-state index contributed by atoms with van der Waals surface area (Å²) in [6.07, 6.45) is 0. The molecule has 0 radical (unpaired) electrons. The lowest BCUT2D eigenvalue weighted by molar-refractivity contribution is 0.0254. The number of carbonyl (C=O) groups is 1. The molecule has 0 aliphatic rings. The minimum atomic E-state index is -0.493. The number of rotatable bonds is 2. The van der Waals surface area contributed by atoms with Crippen molar-refractivity contribution in [3.8, 4) is 0 Å². The van der Waals surface area contributed by atoms with Crippen LogP contribution in [0.15, 0.2) is 30.3 Å². The SMILES string of the molecule is NNOC(=O)c1ccccc1. The summed E-state index contributed by atoms with van der Waals surface area (Å²) in [6.45, 7) is 0. The molecular formula is C7H8N2O2. The summed E-state index contributed by atoms with van der Waals surface area (Å²) in [5.74, 6) is 4.28. The fourth-order valence-corrected chi connectivity index (χ4v) is 0.687. The second kappa shape index (κ2) is 3.70. The molecule has 0 heterocycles. The van der Waals surface area contributed by atoms with Gasteiger partial charge in [-0.1, -0.05) is 23.8 Å². The summed E-state index contributed by atoms with van der Waals surface area (Å²) in [4.78, 5) is 15.2. The van der Waals surface area contributed by atoms with E-state index in [9.17, 15) is 4.79 Å². The van der Waals surface area contributed by atoms with Crippen LogP contribution in [0.1, 0.15) is 10.4 Å². The van der Waals surface area contributed by atoms with E-state index in [0.29, 0.717) is 5.56 Å². The highest BCUT2D eigenvalue weighted by Gasteiger charge is 2.03. The minimum absolute atomic E-state index is 0.463. The van der Waals surface area contributed by atoms with Gasteiger partial charge in [0.25, 0.3) is 0 Å². The van der Waals surface area contributed by atoms with Gasteiger partial charge < -0.3 is 4.84 Å². The van der Waals surface area contributed by atoms with Crippen molar-refractivity contribution in [3.05, 3.63) is 35.9 Å². The maximum absolute atomic E-state index is 10.9. The molecule has 0 amide bonds. The zero-order valence-electron chi connectivity index (χ0n) is 5.78. The van der Waals surface area contributed by atoms with Gasteiger partial charge in [0.1, 0.15) is 0 Å². The Hall–Kier alpha value is -1.39. The van der Waals surface area contributed by atoms with Gasteiger partial charge in [0.15, 0.2) is 0 Å². The lowest BCUT2D eigenvalue weighted by atomic mass is 10.2. The van der Waals surface area contributed by atoms with E-state index in [4.69, 9.17) is 5.84 Å². The summed E-state index contributed by atoms with van der Waals surface area (Å²) in [5.41, 5.74) is 2.28. The molecule has 0 bridgehead atoms. The third-order valence-electron chi connectivity index (χ3n) is 1.16. The number of benzene rings is 1. The number of hydrogen-bond donors (Lipinski definition) is 2. The smallest absolute Gasteiger partial charge is 0.351 e. The minimum Gasteiger partial charge on any atom is -0.351 e. The normalized spacial score (nSPS) is 9.18. The van der Waals surface area contributed by atoms with Crippen molar-refractivity contribution >= 4 is 5.97 Å². The lowest BCUT2D eigenvalue weighted by Gasteiger charge is -1.98. The van der Waals surface area contributed by atoms with Crippen LogP contribution in [-0.4, -0.2) is 5.97 Å². The zero-order valence-corrected chi connectivity index (χ0v) is 5.78. The van der Waals surface area contributed by atoms with Crippen molar-refractivity contribution in [3.63, 3.8) is 0 Å². The molecule has 1 aromatic carbocycles. The molecule has 0 aromatic heterocycles. The lowest BCUT2D eigenvalue weighted by Crippen LogP contribution is -2.26. The maximum Gasteiger partial charge on any atom is 0.357 e. The van der Waals surface area contributed by atoms with Crippen LogP contribution < -0.4 is 11.4 Å². The topological polar surface area (TPSA) is 64.3 Å². The third-order valence-corrected chi connectivity index (χ3v) is 1.16. The first-order valence-electron chi connectivity index (χ1n) is 3.06. The average Bonchev–Trinajstić information content (AvgIpc) is 2.07. The molecule has 0 unspecified atom stereocenters. The Morgan fingerprint density at radius 3 is 2.55 bits per heavy atom. The van der Waals surface area contributed by atoms with Crippen LogP contribution in [0.3, 0.4) is 0 Å². The highest BCUT2D eigenvalue weighted by atomic mass is 16.7. The van der Waals surface area contributed by atoms with E-state index in [1.807, 2.05) is 11.7 Å². The van der Waals surface area contributed by atoms with Gasteiger partial charge in [0, 0.05) is 0 Å². The first-order chi connectivity index (χ1) is 5.34. The van der Waals surface area contributed by atoms with Crippen LogP contribution >= 0.6 is 0 Å². The number of hydrazine groups is 1. The van der Waals surface area contributed by atoms with Gasteiger partial charge in [0.2, 0.25) is 0 Å². The van der Waals surface area contributed by atoms with Crippen molar-refractivity contribution in [1.29, 1.82) is 0 Å². The molecule has 0 fully saturated rings. The van der Waals surface area contributed by atoms with Gasteiger partial charge in [-0.15, -0.1) is 0 Å². The standard InChI is InChI=1S/C7H8N2O2/c8-9-11-7(10)6-4-2-1-3-5-6/h1-5,9H,8H2. The molecule has 0 atom stereocenters. The van der Waals surface area contributed by atoms with E-state index in [2.05, 4.69) is 4.84 Å². The molecule has 0 saturated heterocycles. The quantitative estimate of drug-likeness (QED) is 0.470. The summed E-state index contributed by atoms with van der Waals surface area (Å²) in [6, 6.07) is 8.58. The molecule has 1 rings (SSSR count). The van der Waals surface area contributed by atoms with Crippen molar-refractivity contribution in [2.24, 2.45) is 5.84 Å². The maximum atomic E-state index is 10.9. The van der Waals surface area contributed by atoms with Gasteiger partial charge in [-0.3, -0.25) is 0 Å². The molecule has 1 aromatic rings. The van der Waals surface area contributed by atoms with Crippen LogP contribution in [0, 0.1) is 0 Å². The third kappa shape index (κ3) is 2.03. The summed E-state index contributed by atoms with van der Waals surface area (Å²) in [7, 11) is 0. The van der Waals surface area contributed by atoms with Crippen molar-refractivity contribution in [1.82, 2.24) is 5.59 Å². The number of nitrogens with one attached hydrogen (secondary N) is 1. The molecule has 0 aliphatic heterocycles. The van der Waals surface area contributed by atoms with Crippen LogP contribution in [0.4, 0.5) is 0 Å². The molecular weight excluding hydrogens is 144 g/mol. The predicted molar refractivity (Wildman–Crippen MR) is 39.2 cm³/mol. The first-order valence-corrected chi connectivity index (χ1v) is 3.06. The molecule has 0 spiro atoms. The highest BCUT2D eigenvalue weighted by Crippen LogP contribution is 1.98. The summed E-state index contributed by atoms with van der Waals surface area (Å²) in [5, 5.41) is 0. The van der Waals surface area contributed by atoms with Crippen molar-refractivity contribution in [2.75, 3.05) is 0 Å². The van der Waals surface area contributed by atoms with Crippen LogP contribution in [0.5, 0.6) is 0 Å². The Kier molecular flexibility index (Phi) is 2.59. The Morgan fingerprint density at radius 1 is 1.36 bits per heavy atom. The fourth-order valence-electron chi connectivity index (χ4n) is 0.687. The molecule has 58 valence electrons. The molecule has 3 N–H and O–H groups in total. The molecule has 0 saturated carbocycles. The molecule has 4 nitrogen and oxygen atoms in total. The van der Waals surface area contributed by atoms with E-state index in [0.717, 1.165) is 0 Å². The Labute approximate surface area is 63.9 Å². The number of hydrogen-bond acceptors (Lipinski definition) is 4. The Balaban J connectivity index is 2.69.